The summed E-state index contributed by atoms with van der Waals surface area (Å²) in [6, 6.07) is 3.62. The monoisotopic (exact) mass is 421 g/mol. The smallest absolute Gasteiger partial charge is 0.241 e. The van der Waals surface area contributed by atoms with Gasteiger partial charge in [-0.15, -0.1) is 12.4 Å². The highest BCUT2D eigenvalue weighted by Gasteiger charge is 2.29. The van der Waals surface area contributed by atoms with Gasteiger partial charge in [-0.1, -0.05) is 13.8 Å². The van der Waals surface area contributed by atoms with Crippen molar-refractivity contribution in [1.29, 1.82) is 0 Å². The van der Waals surface area contributed by atoms with Gasteiger partial charge in [0.25, 0.3) is 0 Å². The Labute approximate surface area is 166 Å². The zero-order valence-corrected chi connectivity index (χ0v) is 17.6. The SMILES string of the molecule is CNC(C)CNC(=O)C(NS(=O)(=O)c1ccc2c(c1)OCCO2)C(C)C.Cl. The summed E-state index contributed by atoms with van der Waals surface area (Å²) < 4.78 is 38.8. The van der Waals surface area contributed by atoms with Crippen LogP contribution >= 0.6 is 12.4 Å². The van der Waals surface area contributed by atoms with Crippen molar-refractivity contribution in [2.24, 2.45) is 5.92 Å². The van der Waals surface area contributed by atoms with Crippen LogP contribution in [0, 0.1) is 5.92 Å². The maximum atomic E-state index is 12.7. The summed E-state index contributed by atoms with van der Waals surface area (Å²) in [5, 5.41) is 5.78. The third-order valence-electron chi connectivity index (χ3n) is 4.13. The van der Waals surface area contributed by atoms with Gasteiger partial charge in [-0.3, -0.25) is 4.79 Å². The number of likely N-dealkylation sites (N-methyl/N-ethyl adjacent to an activating group) is 1. The van der Waals surface area contributed by atoms with E-state index in [0.717, 1.165) is 0 Å². The quantitative estimate of drug-likeness (QED) is 0.576. The van der Waals surface area contributed by atoms with E-state index in [0.29, 0.717) is 31.3 Å². The molecule has 3 N–H and O–H groups in total. The molecule has 0 saturated heterocycles. The molecule has 2 atom stereocenters. The highest BCUT2D eigenvalue weighted by molar-refractivity contribution is 7.89. The van der Waals surface area contributed by atoms with Gasteiger partial charge in [0.15, 0.2) is 11.5 Å². The number of rotatable bonds is 8. The van der Waals surface area contributed by atoms with Crippen LogP contribution in [0.15, 0.2) is 23.1 Å². The van der Waals surface area contributed by atoms with Gasteiger partial charge >= 0.3 is 0 Å². The molecule has 0 saturated carbocycles. The summed E-state index contributed by atoms with van der Waals surface area (Å²) in [6.45, 7) is 6.70. The molecule has 0 fully saturated rings. The van der Waals surface area contributed by atoms with E-state index in [9.17, 15) is 13.2 Å². The molecule has 10 heteroatoms. The minimum atomic E-state index is -3.89. The van der Waals surface area contributed by atoms with E-state index in [2.05, 4.69) is 15.4 Å². The first kappa shape index (κ1) is 23.5. The van der Waals surface area contributed by atoms with Crippen molar-refractivity contribution in [3.05, 3.63) is 18.2 Å². The number of hydrogen-bond donors (Lipinski definition) is 3. The summed E-state index contributed by atoms with van der Waals surface area (Å²) in [7, 11) is -2.10. The fraction of sp³-hybridized carbons (Fsp3) is 0.588. The maximum Gasteiger partial charge on any atom is 0.241 e. The minimum absolute atomic E-state index is 0. The molecular formula is C17H28ClN3O5S. The van der Waals surface area contributed by atoms with Crippen molar-refractivity contribution in [1.82, 2.24) is 15.4 Å². The Balaban J connectivity index is 0.00000364. The first-order chi connectivity index (χ1) is 12.2. The first-order valence-electron chi connectivity index (χ1n) is 8.61. The molecule has 1 aromatic carbocycles. The van der Waals surface area contributed by atoms with Gasteiger partial charge in [0, 0.05) is 18.7 Å². The Morgan fingerprint density at radius 3 is 2.37 bits per heavy atom. The second-order valence-corrected chi connectivity index (χ2v) is 8.30. The molecule has 2 unspecified atom stereocenters. The summed E-state index contributed by atoms with van der Waals surface area (Å²) in [6.07, 6.45) is 0. The third-order valence-corrected chi connectivity index (χ3v) is 5.57. The Kier molecular flexibility index (Phi) is 8.80. The summed E-state index contributed by atoms with van der Waals surface area (Å²) in [5.41, 5.74) is 0. The number of carbonyl (C=O) groups excluding carboxylic acids is 1. The molecule has 1 heterocycles. The number of fused-ring (bicyclic) bond motifs is 1. The number of amides is 1. The molecule has 1 amide bonds. The van der Waals surface area contributed by atoms with E-state index in [1.54, 1.807) is 27.0 Å². The van der Waals surface area contributed by atoms with E-state index in [-0.39, 0.29) is 35.2 Å². The van der Waals surface area contributed by atoms with Gasteiger partial charge in [-0.25, -0.2) is 8.42 Å². The number of ether oxygens (including phenoxy) is 2. The predicted octanol–water partition coefficient (Wildman–Crippen LogP) is 0.907. The van der Waals surface area contributed by atoms with Crippen molar-refractivity contribution in [2.75, 3.05) is 26.8 Å². The van der Waals surface area contributed by atoms with Gasteiger partial charge in [-0.05, 0) is 32.0 Å². The van der Waals surface area contributed by atoms with Crippen LogP contribution in [0.3, 0.4) is 0 Å². The van der Waals surface area contributed by atoms with Crippen molar-refractivity contribution in [3.63, 3.8) is 0 Å². The average molecular weight is 422 g/mol. The molecule has 0 aromatic heterocycles. The number of halogens is 1. The third kappa shape index (κ3) is 6.24. The van der Waals surface area contributed by atoms with Crippen LogP contribution < -0.4 is 24.8 Å². The van der Waals surface area contributed by atoms with Gasteiger partial charge in [0.1, 0.15) is 19.3 Å². The van der Waals surface area contributed by atoms with E-state index in [4.69, 9.17) is 9.47 Å². The molecule has 0 bridgehead atoms. The lowest BCUT2D eigenvalue weighted by Crippen LogP contribution is -2.51. The van der Waals surface area contributed by atoms with E-state index in [1.807, 2.05) is 6.92 Å². The summed E-state index contributed by atoms with van der Waals surface area (Å²) >= 11 is 0. The first-order valence-corrected chi connectivity index (χ1v) is 10.1. The van der Waals surface area contributed by atoms with Crippen LogP contribution in [-0.4, -0.2) is 53.2 Å². The Morgan fingerprint density at radius 2 is 1.78 bits per heavy atom. The topological polar surface area (TPSA) is 106 Å². The molecule has 154 valence electrons. The molecule has 1 aromatic rings. The number of hydrogen-bond acceptors (Lipinski definition) is 6. The molecule has 0 spiro atoms. The highest BCUT2D eigenvalue weighted by atomic mass is 35.5. The second kappa shape index (κ2) is 10.1. The number of carbonyl (C=O) groups is 1. The van der Waals surface area contributed by atoms with Crippen LogP contribution in [0.1, 0.15) is 20.8 Å². The largest absolute Gasteiger partial charge is 0.486 e. The lowest BCUT2D eigenvalue weighted by molar-refractivity contribution is -0.123. The highest BCUT2D eigenvalue weighted by Crippen LogP contribution is 2.32. The molecule has 0 radical (unpaired) electrons. The molecule has 27 heavy (non-hydrogen) atoms. The van der Waals surface area contributed by atoms with Crippen molar-refractivity contribution in [3.8, 4) is 11.5 Å². The van der Waals surface area contributed by atoms with Crippen LogP contribution in [0.4, 0.5) is 0 Å². The maximum absolute atomic E-state index is 12.7. The molecule has 2 rings (SSSR count). The van der Waals surface area contributed by atoms with Crippen LogP contribution in [-0.2, 0) is 14.8 Å². The number of nitrogens with one attached hydrogen (secondary N) is 3. The molecule has 8 nitrogen and oxygen atoms in total. The average Bonchev–Trinajstić information content (AvgIpc) is 2.63. The lowest BCUT2D eigenvalue weighted by Gasteiger charge is -2.23. The predicted molar refractivity (Wildman–Crippen MR) is 105 cm³/mol. The number of benzene rings is 1. The van der Waals surface area contributed by atoms with Crippen LogP contribution in [0.25, 0.3) is 0 Å². The standard InChI is InChI=1S/C17H27N3O5S.ClH/c1-11(2)16(17(21)19-10-12(3)18-4)20-26(22,23)13-5-6-14-15(9-13)25-8-7-24-14;/h5-6,9,11-12,16,18,20H,7-8,10H2,1-4H3,(H,19,21);1H. The van der Waals surface area contributed by atoms with Crippen molar-refractivity contribution < 1.29 is 22.7 Å². The summed E-state index contributed by atoms with van der Waals surface area (Å²) in [4.78, 5) is 12.5. The van der Waals surface area contributed by atoms with Crippen molar-refractivity contribution in [2.45, 2.75) is 37.8 Å². The van der Waals surface area contributed by atoms with Crippen LogP contribution in [0.2, 0.25) is 0 Å². The lowest BCUT2D eigenvalue weighted by atomic mass is 10.1. The van der Waals surface area contributed by atoms with Gasteiger partial charge < -0.3 is 20.1 Å². The zero-order chi connectivity index (χ0) is 19.3. The fourth-order valence-corrected chi connectivity index (χ4v) is 3.74. The van der Waals surface area contributed by atoms with E-state index in [1.165, 1.54) is 12.1 Å². The van der Waals surface area contributed by atoms with Crippen molar-refractivity contribution >= 4 is 28.3 Å². The Hall–Kier alpha value is -1.55. The van der Waals surface area contributed by atoms with Gasteiger partial charge in [0.2, 0.25) is 15.9 Å². The van der Waals surface area contributed by atoms with E-state index >= 15 is 0 Å². The van der Waals surface area contributed by atoms with E-state index < -0.39 is 16.1 Å². The van der Waals surface area contributed by atoms with Gasteiger partial charge in [0.05, 0.1) is 4.90 Å². The second-order valence-electron chi connectivity index (χ2n) is 6.58. The molecule has 0 aliphatic carbocycles. The molecular weight excluding hydrogens is 394 g/mol. The fourth-order valence-electron chi connectivity index (χ4n) is 2.38. The van der Waals surface area contributed by atoms with Gasteiger partial charge in [-0.2, -0.15) is 4.72 Å². The molecule has 1 aliphatic heterocycles. The molecule has 1 aliphatic rings. The zero-order valence-electron chi connectivity index (χ0n) is 15.9. The summed E-state index contributed by atoms with van der Waals surface area (Å²) in [5.74, 6) is 0.317. The number of sulfonamides is 1. The van der Waals surface area contributed by atoms with Crippen LogP contribution in [0.5, 0.6) is 11.5 Å². The normalized spacial score (nSPS) is 15.6. The Bertz CT molecular complexity index is 742. The Morgan fingerprint density at radius 1 is 1.15 bits per heavy atom. The minimum Gasteiger partial charge on any atom is -0.486 e.